The number of aromatic nitrogens is 1. The molecule has 25 heavy (non-hydrogen) atoms. The first-order chi connectivity index (χ1) is 12.1. The lowest BCUT2D eigenvalue weighted by Gasteiger charge is -2.23. The molecule has 5 nitrogen and oxygen atoms in total. The van der Waals surface area contributed by atoms with Crippen LogP contribution in [0.4, 0.5) is 0 Å². The molecular formula is C18H22N2O3S2. The average Bonchev–Trinajstić information content (AvgIpc) is 3.17. The van der Waals surface area contributed by atoms with E-state index in [1.165, 1.54) is 11.3 Å². The summed E-state index contributed by atoms with van der Waals surface area (Å²) in [6.07, 6.45) is 3.58. The van der Waals surface area contributed by atoms with Gasteiger partial charge in [-0.2, -0.15) is 0 Å². The van der Waals surface area contributed by atoms with Gasteiger partial charge in [0.05, 0.1) is 10.6 Å². The first-order valence-electron chi connectivity index (χ1n) is 8.57. The Kier molecular flexibility index (Phi) is 5.86. The first kappa shape index (κ1) is 18.1. The van der Waals surface area contributed by atoms with Crippen LogP contribution in [0.5, 0.6) is 0 Å². The van der Waals surface area contributed by atoms with Crippen molar-refractivity contribution >= 4 is 34.6 Å². The number of thiophene rings is 1. The van der Waals surface area contributed by atoms with Crippen LogP contribution >= 0.6 is 22.7 Å². The van der Waals surface area contributed by atoms with Crippen molar-refractivity contribution in [3.63, 3.8) is 0 Å². The lowest BCUT2D eigenvalue weighted by atomic mass is 10.2. The molecule has 1 fully saturated rings. The zero-order valence-corrected chi connectivity index (χ0v) is 16.1. The second-order valence-electron chi connectivity index (χ2n) is 6.20. The molecule has 1 atom stereocenters. The molecule has 1 aliphatic heterocycles. The van der Waals surface area contributed by atoms with Crippen LogP contribution in [0.15, 0.2) is 17.5 Å². The van der Waals surface area contributed by atoms with E-state index in [1.54, 1.807) is 25.2 Å². The molecule has 1 saturated heterocycles. The number of rotatable bonds is 4. The molecule has 1 unspecified atom stereocenters. The van der Waals surface area contributed by atoms with E-state index in [-0.39, 0.29) is 5.91 Å². The molecule has 2 aromatic rings. The van der Waals surface area contributed by atoms with Gasteiger partial charge in [0.25, 0.3) is 5.91 Å². The SMILES string of the molecule is Cc1nc(-c2cccs2)sc1C(=O)OC(C)C(=O)N1CCCCCC1. The molecule has 2 aromatic heterocycles. The van der Waals surface area contributed by atoms with Gasteiger partial charge in [0.1, 0.15) is 9.88 Å². The van der Waals surface area contributed by atoms with Gasteiger partial charge in [-0.25, -0.2) is 9.78 Å². The number of thiazole rings is 1. The molecule has 134 valence electrons. The summed E-state index contributed by atoms with van der Waals surface area (Å²) in [5, 5.41) is 2.79. The van der Waals surface area contributed by atoms with E-state index in [1.807, 2.05) is 22.4 Å². The lowest BCUT2D eigenvalue weighted by molar-refractivity contribution is -0.139. The summed E-state index contributed by atoms with van der Waals surface area (Å²) in [6.45, 7) is 4.96. The van der Waals surface area contributed by atoms with Crippen molar-refractivity contribution in [2.24, 2.45) is 0 Å². The zero-order valence-electron chi connectivity index (χ0n) is 14.5. The molecule has 3 heterocycles. The highest BCUT2D eigenvalue weighted by atomic mass is 32.1. The number of likely N-dealkylation sites (tertiary alicyclic amines) is 1. The lowest BCUT2D eigenvalue weighted by Crippen LogP contribution is -2.40. The van der Waals surface area contributed by atoms with Gasteiger partial charge in [0.15, 0.2) is 6.10 Å². The Morgan fingerprint density at radius 1 is 1.24 bits per heavy atom. The summed E-state index contributed by atoms with van der Waals surface area (Å²) in [5.74, 6) is -0.565. The number of carbonyl (C=O) groups is 2. The minimum atomic E-state index is -0.766. The van der Waals surface area contributed by atoms with Crippen molar-refractivity contribution in [2.45, 2.75) is 45.6 Å². The molecule has 1 aliphatic rings. The Labute approximate surface area is 155 Å². The standard InChI is InChI=1S/C18H22N2O3S2/c1-12-15(25-16(19-12)14-8-7-11-24-14)18(22)23-13(2)17(21)20-9-5-3-4-6-10-20/h7-8,11,13H,3-6,9-10H2,1-2H3. The number of ether oxygens (including phenoxy) is 1. The molecule has 0 aromatic carbocycles. The third-order valence-electron chi connectivity index (χ3n) is 4.26. The first-order valence-corrected chi connectivity index (χ1v) is 10.3. The molecule has 0 radical (unpaired) electrons. The summed E-state index contributed by atoms with van der Waals surface area (Å²) in [6, 6.07) is 3.93. The predicted octanol–water partition coefficient (Wildman–Crippen LogP) is 4.13. The van der Waals surface area contributed by atoms with Crippen LogP contribution in [0.25, 0.3) is 9.88 Å². The molecule has 0 N–H and O–H groups in total. The van der Waals surface area contributed by atoms with Crippen molar-refractivity contribution in [1.29, 1.82) is 0 Å². The summed E-state index contributed by atoms with van der Waals surface area (Å²) in [7, 11) is 0. The predicted molar refractivity (Wildman–Crippen MR) is 100 cm³/mol. The van der Waals surface area contributed by atoms with Crippen LogP contribution in [0.1, 0.15) is 48.0 Å². The van der Waals surface area contributed by atoms with E-state index < -0.39 is 12.1 Å². The molecule has 3 rings (SSSR count). The van der Waals surface area contributed by atoms with Crippen LogP contribution in [0, 0.1) is 6.92 Å². The smallest absolute Gasteiger partial charge is 0.351 e. The van der Waals surface area contributed by atoms with Crippen molar-refractivity contribution in [1.82, 2.24) is 9.88 Å². The van der Waals surface area contributed by atoms with Crippen molar-refractivity contribution < 1.29 is 14.3 Å². The molecular weight excluding hydrogens is 356 g/mol. The van der Waals surface area contributed by atoms with Gasteiger partial charge in [-0.05, 0) is 38.1 Å². The van der Waals surface area contributed by atoms with Gasteiger partial charge >= 0.3 is 5.97 Å². The number of aryl methyl sites for hydroxylation is 1. The van der Waals surface area contributed by atoms with Crippen molar-refractivity contribution in [3.8, 4) is 9.88 Å². The van der Waals surface area contributed by atoms with E-state index in [9.17, 15) is 9.59 Å². The third kappa shape index (κ3) is 4.27. The topological polar surface area (TPSA) is 59.5 Å². The number of nitrogens with zero attached hydrogens (tertiary/aromatic N) is 2. The average molecular weight is 379 g/mol. The van der Waals surface area contributed by atoms with E-state index >= 15 is 0 Å². The normalized spacial score (nSPS) is 16.3. The second kappa shape index (κ2) is 8.10. The Bertz CT molecular complexity index is 732. The number of amides is 1. The molecule has 1 amide bonds. The summed E-state index contributed by atoms with van der Waals surface area (Å²) >= 11 is 2.90. The second-order valence-corrected chi connectivity index (χ2v) is 8.14. The summed E-state index contributed by atoms with van der Waals surface area (Å²) < 4.78 is 5.45. The fraction of sp³-hybridized carbons (Fsp3) is 0.500. The summed E-state index contributed by atoms with van der Waals surface area (Å²) in [4.78, 5) is 32.8. The van der Waals surface area contributed by atoms with Gasteiger partial charge in [-0.15, -0.1) is 22.7 Å². The van der Waals surface area contributed by atoms with Crippen LogP contribution in [-0.2, 0) is 9.53 Å². The van der Waals surface area contributed by atoms with Gasteiger partial charge < -0.3 is 9.64 Å². The highest BCUT2D eigenvalue weighted by Crippen LogP contribution is 2.31. The Morgan fingerprint density at radius 2 is 1.96 bits per heavy atom. The molecule has 0 bridgehead atoms. The van der Waals surface area contributed by atoms with E-state index in [2.05, 4.69) is 4.98 Å². The number of esters is 1. The van der Waals surface area contributed by atoms with Gasteiger partial charge in [0.2, 0.25) is 0 Å². The van der Waals surface area contributed by atoms with Crippen molar-refractivity contribution in [3.05, 3.63) is 28.1 Å². The van der Waals surface area contributed by atoms with E-state index in [0.29, 0.717) is 10.6 Å². The number of carbonyl (C=O) groups excluding carboxylic acids is 2. The maximum absolute atomic E-state index is 12.5. The van der Waals surface area contributed by atoms with Gasteiger partial charge in [-0.1, -0.05) is 18.9 Å². The molecule has 0 aliphatic carbocycles. The Morgan fingerprint density at radius 3 is 2.60 bits per heavy atom. The minimum Gasteiger partial charge on any atom is -0.448 e. The maximum Gasteiger partial charge on any atom is 0.351 e. The highest BCUT2D eigenvalue weighted by Gasteiger charge is 2.27. The zero-order chi connectivity index (χ0) is 17.8. The van der Waals surface area contributed by atoms with Crippen molar-refractivity contribution in [2.75, 3.05) is 13.1 Å². The Balaban J connectivity index is 1.66. The third-order valence-corrected chi connectivity index (χ3v) is 6.44. The monoisotopic (exact) mass is 378 g/mol. The quantitative estimate of drug-likeness (QED) is 0.751. The number of hydrogen-bond acceptors (Lipinski definition) is 6. The number of hydrogen-bond donors (Lipinski definition) is 0. The van der Waals surface area contributed by atoms with Crippen LogP contribution in [0.2, 0.25) is 0 Å². The van der Waals surface area contributed by atoms with E-state index in [0.717, 1.165) is 48.7 Å². The molecule has 0 spiro atoms. The van der Waals surface area contributed by atoms with Crippen LogP contribution < -0.4 is 0 Å². The molecule has 7 heteroatoms. The Hall–Kier alpha value is -1.73. The maximum atomic E-state index is 12.5. The largest absolute Gasteiger partial charge is 0.448 e. The van der Waals surface area contributed by atoms with Gasteiger partial charge in [-0.3, -0.25) is 4.79 Å². The highest BCUT2D eigenvalue weighted by molar-refractivity contribution is 7.22. The van der Waals surface area contributed by atoms with Gasteiger partial charge in [0, 0.05) is 13.1 Å². The van der Waals surface area contributed by atoms with Crippen LogP contribution in [-0.4, -0.2) is 41.0 Å². The summed E-state index contributed by atoms with van der Waals surface area (Å²) in [5.41, 5.74) is 0.646. The minimum absolute atomic E-state index is 0.101. The fourth-order valence-corrected chi connectivity index (χ4v) is 4.65. The fourth-order valence-electron chi connectivity index (χ4n) is 2.90. The van der Waals surface area contributed by atoms with E-state index in [4.69, 9.17) is 4.74 Å². The van der Waals surface area contributed by atoms with Crippen LogP contribution in [0.3, 0.4) is 0 Å². The molecule has 0 saturated carbocycles.